The van der Waals surface area contributed by atoms with Crippen LogP contribution < -0.4 is 15.5 Å². The van der Waals surface area contributed by atoms with Crippen molar-refractivity contribution >= 4 is 29.0 Å². The Bertz CT molecular complexity index is 981. The van der Waals surface area contributed by atoms with Gasteiger partial charge >= 0.3 is 0 Å². The monoisotopic (exact) mass is 395 g/mol. The smallest absolute Gasteiger partial charge is 0.229 e. The number of hydrogen-bond acceptors (Lipinski definition) is 7. The summed E-state index contributed by atoms with van der Waals surface area (Å²) in [6.45, 7) is 3.27. The van der Waals surface area contributed by atoms with Crippen molar-refractivity contribution in [2.24, 2.45) is 0 Å². The molecule has 2 fully saturated rings. The first-order valence-electron chi connectivity index (χ1n) is 9.79. The molecule has 0 radical (unpaired) electrons. The second kappa shape index (κ2) is 7.67. The number of aromatic nitrogens is 4. The Morgan fingerprint density at radius 3 is 2.66 bits per heavy atom. The van der Waals surface area contributed by atoms with Gasteiger partial charge < -0.3 is 20.3 Å². The van der Waals surface area contributed by atoms with E-state index in [0.717, 1.165) is 49.6 Å². The molecular formula is C20H22FN7O. The van der Waals surface area contributed by atoms with Gasteiger partial charge in [-0.2, -0.15) is 10.1 Å². The summed E-state index contributed by atoms with van der Waals surface area (Å²) in [7, 11) is 0. The van der Waals surface area contributed by atoms with Crippen molar-refractivity contribution in [2.75, 3.05) is 41.8 Å². The number of rotatable bonds is 6. The summed E-state index contributed by atoms with van der Waals surface area (Å²) >= 11 is 0. The number of hydrogen-bond donors (Lipinski definition) is 3. The van der Waals surface area contributed by atoms with Crippen LogP contribution in [0.25, 0.3) is 0 Å². The molecule has 0 bridgehead atoms. The summed E-state index contributed by atoms with van der Waals surface area (Å²) in [4.78, 5) is 10.6. The number of H-pyrrole nitrogens is 1. The van der Waals surface area contributed by atoms with Crippen molar-refractivity contribution in [3.8, 4) is 0 Å². The first kappa shape index (κ1) is 17.9. The fourth-order valence-electron chi connectivity index (χ4n) is 3.35. The zero-order chi connectivity index (χ0) is 19.6. The molecule has 2 aromatic heterocycles. The van der Waals surface area contributed by atoms with E-state index in [9.17, 15) is 4.39 Å². The minimum atomic E-state index is -0.533. The quantitative estimate of drug-likeness (QED) is 0.588. The van der Waals surface area contributed by atoms with E-state index in [-0.39, 0.29) is 5.82 Å². The van der Waals surface area contributed by atoms with Gasteiger partial charge in [-0.05, 0) is 37.1 Å². The van der Waals surface area contributed by atoms with E-state index >= 15 is 0 Å². The second-order valence-electron chi connectivity index (χ2n) is 7.27. The van der Waals surface area contributed by atoms with Crippen LogP contribution in [-0.2, 0) is 4.74 Å². The van der Waals surface area contributed by atoms with Crippen LogP contribution in [-0.4, -0.2) is 46.5 Å². The Labute approximate surface area is 167 Å². The van der Waals surface area contributed by atoms with Gasteiger partial charge in [0.25, 0.3) is 0 Å². The van der Waals surface area contributed by atoms with Gasteiger partial charge in [-0.15, -0.1) is 0 Å². The Kier molecular flexibility index (Phi) is 4.73. The Balaban J connectivity index is 1.27. The highest BCUT2D eigenvalue weighted by Gasteiger charge is 2.25. The average Bonchev–Trinajstić information content (AvgIpc) is 3.51. The molecule has 29 heavy (non-hydrogen) atoms. The highest BCUT2D eigenvalue weighted by Crippen LogP contribution is 2.39. The number of ether oxygens (including phenoxy) is 1. The largest absolute Gasteiger partial charge is 0.378 e. The van der Waals surface area contributed by atoms with Gasteiger partial charge in [0.1, 0.15) is 0 Å². The van der Waals surface area contributed by atoms with Gasteiger partial charge in [-0.1, -0.05) is 0 Å². The van der Waals surface area contributed by atoms with Crippen molar-refractivity contribution < 1.29 is 9.13 Å². The molecule has 0 spiro atoms. The molecule has 150 valence electrons. The van der Waals surface area contributed by atoms with E-state index in [4.69, 9.17) is 4.74 Å². The maximum atomic E-state index is 14.2. The lowest BCUT2D eigenvalue weighted by Crippen LogP contribution is -2.36. The lowest BCUT2D eigenvalue weighted by Gasteiger charge is -2.28. The number of halogens is 1. The molecule has 3 aromatic rings. The van der Waals surface area contributed by atoms with Gasteiger partial charge in [0.2, 0.25) is 5.95 Å². The van der Waals surface area contributed by atoms with Crippen LogP contribution >= 0.6 is 0 Å². The Morgan fingerprint density at radius 2 is 1.90 bits per heavy atom. The molecule has 5 rings (SSSR count). The summed E-state index contributed by atoms with van der Waals surface area (Å²) in [5, 5.41) is 13.2. The van der Waals surface area contributed by atoms with Crippen molar-refractivity contribution in [1.82, 2.24) is 20.2 Å². The number of anilines is 5. The summed E-state index contributed by atoms with van der Waals surface area (Å²) < 4.78 is 19.6. The number of benzene rings is 1. The minimum Gasteiger partial charge on any atom is -0.378 e. The summed E-state index contributed by atoms with van der Waals surface area (Å²) in [5.41, 5.74) is 3.04. The van der Waals surface area contributed by atoms with E-state index in [0.29, 0.717) is 17.7 Å². The molecule has 0 atom stereocenters. The van der Waals surface area contributed by atoms with Crippen LogP contribution in [0.4, 0.5) is 33.3 Å². The predicted octanol–water partition coefficient (Wildman–Crippen LogP) is 3.54. The first-order valence-corrected chi connectivity index (χ1v) is 9.79. The van der Waals surface area contributed by atoms with Crippen molar-refractivity contribution in [3.63, 3.8) is 0 Å². The van der Waals surface area contributed by atoms with Crippen molar-refractivity contribution in [1.29, 1.82) is 0 Å². The molecule has 1 aliphatic heterocycles. The highest BCUT2D eigenvalue weighted by molar-refractivity contribution is 5.61. The van der Waals surface area contributed by atoms with Gasteiger partial charge in [0, 0.05) is 42.1 Å². The van der Waals surface area contributed by atoms with Crippen LogP contribution in [0, 0.1) is 5.82 Å². The fourth-order valence-corrected chi connectivity index (χ4v) is 3.35. The van der Waals surface area contributed by atoms with E-state index < -0.39 is 5.82 Å². The minimum absolute atomic E-state index is 0.0845. The van der Waals surface area contributed by atoms with E-state index in [2.05, 4.69) is 35.7 Å². The van der Waals surface area contributed by atoms with Gasteiger partial charge in [0.15, 0.2) is 17.5 Å². The highest BCUT2D eigenvalue weighted by atomic mass is 19.1. The molecular weight excluding hydrogens is 373 g/mol. The lowest BCUT2D eigenvalue weighted by molar-refractivity contribution is 0.122. The predicted molar refractivity (Wildman–Crippen MR) is 109 cm³/mol. The normalized spacial score (nSPS) is 16.7. The molecule has 0 amide bonds. The Morgan fingerprint density at radius 1 is 1.10 bits per heavy atom. The summed E-state index contributed by atoms with van der Waals surface area (Å²) in [6, 6.07) is 9.90. The number of nitrogens with one attached hydrogen (secondary N) is 3. The van der Waals surface area contributed by atoms with E-state index in [1.54, 1.807) is 0 Å². The van der Waals surface area contributed by atoms with Gasteiger partial charge in [-0.3, -0.25) is 5.10 Å². The van der Waals surface area contributed by atoms with Crippen molar-refractivity contribution in [3.05, 3.63) is 48.0 Å². The standard InChI is InChI=1S/C20H22FN7O/c21-16-12-22-20(25-19(16)24-18-11-17(26-27-18)13-1-2-13)23-14-3-5-15(6-4-14)28-7-9-29-10-8-28/h3-6,11-13H,1-2,7-10H2,(H3,22,23,24,25,26,27). The first-order chi connectivity index (χ1) is 14.2. The zero-order valence-corrected chi connectivity index (χ0v) is 15.9. The van der Waals surface area contributed by atoms with Crippen LogP contribution in [0.5, 0.6) is 0 Å². The van der Waals surface area contributed by atoms with Crippen LogP contribution in [0.15, 0.2) is 36.5 Å². The molecule has 1 saturated heterocycles. The van der Waals surface area contributed by atoms with Crippen LogP contribution in [0.3, 0.4) is 0 Å². The van der Waals surface area contributed by atoms with Crippen LogP contribution in [0.1, 0.15) is 24.5 Å². The molecule has 9 heteroatoms. The topological polar surface area (TPSA) is 91.0 Å². The van der Waals surface area contributed by atoms with Crippen molar-refractivity contribution in [2.45, 2.75) is 18.8 Å². The summed E-state index contributed by atoms with van der Waals surface area (Å²) in [6.07, 6.45) is 3.48. The second-order valence-corrected chi connectivity index (χ2v) is 7.27. The van der Waals surface area contributed by atoms with E-state index in [1.807, 2.05) is 30.3 Å². The van der Waals surface area contributed by atoms with Crippen LogP contribution in [0.2, 0.25) is 0 Å². The molecule has 2 aliphatic rings. The van der Waals surface area contributed by atoms with Gasteiger partial charge in [-0.25, -0.2) is 9.37 Å². The molecule has 0 unspecified atom stereocenters. The molecule has 1 saturated carbocycles. The number of aromatic amines is 1. The molecule has 1 aromatic carbocycles. The molecule has 8 nitrogen and oxygen atoms in total. The average molecular weight is 395 g/mol. The molecule has 3 N–H and O–H groups in total. The third kappa shape index (κ3) is 4.14. The maximum absolute atomic E-state index is 14.2. The maximum Gasteiger partial charge on any atom is 0.229 e. The Hall–Kier alpha value is -3.20. The van der Waals surface area contributed by atoms with Gasteiger partial charge in [0.05, 0.1) is 19.4 Å². The zero-order valence-electron chi connectivity index (χ0n) is 15.9. The lowest BCUT2D eigenvalue weighted by atomic mass is 10.2. The third-order valence-corrected chi connectivity index (χ3v) is 5.11. The molecule has 3 heterocycles. The third-order valence-electron chi connectivity index (χ3n) is 5.11. The summed E-state index contributed by atoms with van der Waals surface area (Å²) in [5.74, 6) is 0.956. The fraction of sp³-hybridized carbons (Fsp3) is 0.350. The number of nitrogens with zero attached hydrogens (tertiary/aromatic N) is 4. The molecule has 1 aliphatic carbocycles. The SMILES string of the molecule is Fc1cnc(Nc2ccc(N3CCOCC3)cc2)nc1Nc1cc(C2CC2)[nH]n1. The van der Waals surface area contributed by atoms with E-state index in [1.165, 1.54) is 12.8 Å². The number of morpholine rings is 1.